The molecule has 2 N–H and O–H groups in total. The standard InChI is InChI=1S/C25H38O4/c1-23-10-6-16(26)12-15(23)13-19(27)21-17(23)7-11-24(2)18(21)14-20(28)22(24)25(29-3)8-4-5-9-25/h13,16-19,21-22,26-27H,4-12,14H2,1-3H3/t16-,17?,18?,19+,21?,22-,23-,24-/m0/s1. The number of hydrogen-bond acceptors (Lipinski definition) is 4. The van der Waals surface area contributed by atoms with Crippen LogP contribution in [-0.2, 0) is 9.53 Å². The second-order valence-electron chi connectivity index (χ2n) is 11.4. The highest BCUT2D eigenvalue weighted by Crippen LogP contribution is 2.68. The average molecular weight is 403 g/mol. The van der Waals surface area contributed by atoms with Gasteiger partial charge in [0.1, 0.15) is 5.78 Å². The summed E-state index contributed by atoms with van der Waals surface area (Å²) < 4.78 is 6.12. The van der Waals surface area contributed by atoms with Gasteiger partial charge in [-0.05, 0) is 73.5 Å². The Hall–Kier alpha value is -0.710. The molecule has 5 rings (SSSR count). The Morgan fingerprint density at radius 1 is 1.00 bits per heavy atom. The van der Waals surface area contributed by atoms with Crippen molar-refractivity contribution in [1.82, 2.24) is 0 Å². The number of ketones is 1. The molecule has 0 aliphatic heterocycles. The van der Waals surface area contributed by atoms with Gasteiger partial charge in [-0.25, -0.2) is 0 Å². The van der Waals surface area contributed by atoms with Gasteiger partial charge in [0, 0.05) is 13.5 Å². The Morgan fingerprint density at radius 2 is 1.72 bits per heavy atom. The fraction of sp³-hybridized carbons (Fsp3) is 0.880. The SMILES string of the molecule is COC1([C@H]2C(=O)CC3C4C(CC[C@@]32C)[C@@]2(C)CC[C@H](O)CC2=C[C@H]4O)CCCC1. The number of hydrogen-bond donors (Lipinski definition) is 2. The number of carbonyl (C=O) groups excluding carboxylic acids is 1. The van der Waals surface area contributed by atoms with Crippen LogP contribution in [0.25, 0.3) is 0 Å². The van der Waals surface area contributed by atoms with Crippen molar-refractivity contribution < 1.29 is 19.7 Å². The number of aliphatic hydroxyl groups excluding tert-OH is 2. The van der Waals surface area contributed by atoms with Crippen molar-refractivity contribution >= 4 is 5.78 Å². The number of ether oxygens (including phenoxy) is 1. The molecule has 4 saturated carbocycles. The van der Waals surface area contributed by atoms with E-state index in [-0.39, 0.29) is 40.3 Å². The van der Waals surface area contributed by atoms with E-state index in [2.05, 4.69) is 19.9 Å². The summed E-state index contributed by atoms with van der Waals surface area (Å²) in [5, 5.41) is 21.5. The van der Waals surface area contributed by atoms with E-state index in [1.165, 1.54) is 5.57 Å². The molecule has 0 bridgehead atoms. The average Bonchev–Trinajstić information content (AvgIpc) is 3.25. The van der Waals surface area contributed by atoms with Crippen molar-refractivity contribution in [2.75, 3.05) is 7.11 Å². The second-order valence-corrected chi connectivity index (χ2v) is 11.4. The minimum absolute atomic E-state index is 0.0213. The van der Waals surface area contributed by atoms with E-state index < -0.39 is 6.10 Å². The van der Waals surface area contributed by atoms with Crippen molar-refractivity contribution in [3.63, 3.8) is 0 Å². The summed E-state index contributed by atoms with van der Waals surface area (Å²) in [7, 11) is 1.81. The second kappa shape index (κ2) is 6.64. The number of carbonyl (C=O) groups is 1. The van der Waals surface area contributed by atoms with Crippen molar-refractivity contribution in [2.24, 2.45) is 34.5 Å². The van der Waals surface area contributed by atoms with Crippen LogP contribution in [0.5, 0.6) is 0 Å². The fourth-order valence-electron chi connectivity index (χ4n) is 8.91. The van der Waals surface area contributed by atoms with E-state index in [9.17, 15) is 15.0 Å². The van der Waals surface area contributed by atoms with Crippen LogP contribution >= 0.6 is 0 Å². The van der Waals surface area contributed by atoms with Crippen LogP contribution in [0.3, 0.4) is 0 Å². The maximum Gasteiger partial charge on any atom is 0.139 e. The molecule has 0 aromatic rings. The number of methoxy groups -OCH3 is 1. The van der Waals surface area contributed by atoms with Crippen LogP contribution in [0, 0.1) is 34.5 Å². The van der Waals surface area contributed by atoms with Gasteiger partial charge in [-0.15, -0.1) is 0 Å². The highest BCUT2D eigenvalue weighted by molar-refractivity contribution is 5.86. The van der Waals surface area contributed by atoms with E-state index in [4.69, 9.17) is 4.74 Å². The number of rotatable bonds is 2. The van der Waals surface area contributed by atoms with Crippen LogP contribution < -0.4 is 0 Å². The van der Waals surface area contributed by atoms with Crippen molar-refractivity contribution in [3.05, 3.63) is 11.6 Å². The lowest BCUT2D eigenvalue weighted by Crippen LogP contribution is -2.57. The van der Waals surface area contributed by atoms with Gasteiger partial charge in [0.2, 0.25) is 0 Å². The first-order chi connectivity index (χ1) is 13.7. The Balaban J connectivity index is 1.53. The maximum atomic E-state index is 13.5. The monoisotopic (exact) mass is 402 g/mol. The summed E-state index contributed by atoms with van der Waals surface area (Å²) in [5.41, 5.74) is 0.971. The van der Waals surface area contributed by atoms with Crippen LogP contribution in [0.2, 0.25) is 0 Å². The maximum absolute atomic E-state index is 13.5. The minimum atomic E-state index is -0.494. The van der Waals surface area contributed by atoms with Crippen molar-refractivity contribution in [2.45, 2.75) is 95.9 Å². The third-order valence-corrected chi connectivity index (χ3v) is 10.3. The Morgan fingerprint density at radius 3 is 2.41 bits per heavy atom. The van der Waals surface area contributed by atoms with E-state index in [0.29, 0.717) is 24.5 Å². The molecule has 8 atom stereocenters. The van der Waals surface area contributed by atoms with Crippen LogP contribution in [0.4, 0.5) is 0 Å². The van der Waals surface area contributed by atoms with Gasteiger partial charge < -0.3 is 14.9 Å². The smallest absolute Gasteiger partial charge is 0.139 e. The molecule has 29 heavy (non-hydrogen) atoms. The van der Waals surface area contributed by atoms with E-state index >= 15 is 0 Å². The molecule has 0 heterocycles. The molecule has 0 aromatic carbocycles. The van der Waals surface area contributed by atoms with E-state index in [0.717, 1.165) is 51.4 Å². The van der Waals surface area contributed by atoms with Crippen LogP contribution in [-0.4, -0.2) is 40.9 Å². The molecule has 5 aliphatic carbocycles. The molecule has 0 amide bonds. The Kier molecular flexibility index (Phi) is 4.63. The number of fused-ring (bicyclic) bond motifs is 5. The van der Waals surface area contributed by atoms with Gasteiger partial charge in [0.05, 0.1) is 23.7 Å². The zero-order chi connectivity index (χ0) is 20.6. The molecule has 4 fully saturated rings. The highest BCUT2D eigenvalue weighted by atomic mass is 16.5. The fourth-order valence-corrected chi connectivity index (χ4v) is 8.91. The zero-order valence-electron chi connectivity index (χ0n) is 18.3. The van der Waals surface area contributed by atoms with Gasteiger partial charge in [-0.2, -0.15) is 0 Å². The highest BCUT2D eigenvalue weighted by Gasteiger charge is 2.67. The van der Waals surface area contributed by atoms with Gasteiger partial charge in [0.25, 0.3) is 0 Å². The zero-order valence-corrected chi connectivity index (χ0v) is 18.3. The quantitative estimate of drug-likeness (QED) is 0.684. The third-order valence-electron chi connectivity index (χ3n) is 10.3. The van der Waals surface area contributed by atoms with Crippen molar-refractivity contribution in [1.29, 1.82) is 0 Å². The molecule has 0 radical (unpaired) electrons. The summed E-state index contributed by atoms with van der Waals surface area (Å²) in [6, 6.07) is 0. The topological polar surface area (TPSA) is 66.8 Å². The molecule has 4 heteroatoms. The first kappa shape index (κ1) is 20.2. The Bertz CT molecular complexity index is 722. The predicted molar refractivity (Wildman–Crippen MR) is 111 cm³/mol. The molecule has 162 valence electrons. The summed E-state index contributed by atoms with van der Waals surface area (Å²) >= 11 is 0. The van der Waals surface area contributed by atoms with Gasteiger partial charge in [-0.3, -0.25) is 4.79 Å². The molecule has 0 aromatic heterocycles. The predicted octanol–water partition coefficient (Wildman–Crippen LogP) is 4.04. The summed E-state index contributed by atoms with van der Waals surface area (Å²) in [6.07, 6.45) is 10.9. The molecule has 4 nitrogen and oxygen atoms in total. The molecule has 3 unspecified atom stereocenters. The Labute approximate surface area is 175 Å². The molecular formula is C25H38O4. The summed E-state index contributed by atoms with van der Waals surface area (Å²) in [6.45, 7) is 4.69. The van der Waals surface area contributed by atoms with E-state index in [1.54, 1.807) is 7.11 Å². The van der Waals surface area contributed by atoms with Crippen LogP contribution in [0.15, 0.2) is 11.6 Å². The lowest BCUT2D eigenvalue weighted by molar-refractivity contribution is -0.150. The molecule has 0 spiro atoms. The van der Waals surface area contributed by atoms with Crippen molar-refractivity contribution in [3.8, 4) is 0 Å². The van der Waals surface area contributed by atoms with Gasteiger partial charge in [-0.1, -0.05) is 38.3 Å². The summed E-state index contributed by atoms with van der Waals surface area (Å²) in [4.78, 5) is 13.5. The van der Waals surface area contributed by atoms with E-state index in [1.807, 2.05) is 0 Å². The number of aliphatic hydroxyl groups is 2. The lowest BCUT2D eigenvalue weighted by atomic mass is 9.46. The van der Waals surface area contributed by atoms with Gasteiger partial charge >= 0.3 is 0 Å². The third kappa shape index (κ3) is 2.64. The lowest BCUT2D eigenvalue weighted by Gasteiger charge is -2.59. The molecule has 0 saturated heterocycles. The van der Waals surface area contributed by atoms with Crippen LogP contribution in [0.1, 0.15) is 78.1 Å². The minimum Gasteiger partial charge on any atom is -0.393 e. The normalized spacial score (nSPS) is 51.2. The first-order valence-electron chi connectivity index (χ1n) is 11.9. The first-order valence-corrected chi connectivity index (χ1v) is 11.9. The largest absolute Gasteiger partial charge is 0.393 e. The summed E-state index contributed by atoms with van der Waals surface area (Å²) in [5.74, 6) is 1.17. The van der Waals surface area contributed by atoms with Gasteiger partial charge in [0.15, 0.2) is 0 Å². The molecule has 5 aliphatic rings. The molecular weight excluding hydrogens is 364 g/mol. The number of Topliss-reactive ketones (excluding diaryl/α,β-unsaturated/α-hetero) is 1.